The number of nitrogens with one attached hydrogen (secondary N) is 1. The van der Waals surface area contributed by atoms with Crippen LogP contribution in [0.4, 0.5) is 0 Å². The Bertz CT molecular complexity index is 597. The van der Waals surface area contributed by atoms with Gasteiger partial charge in [0.05, 0.1) is 5.92 Å². The van der Waals surface area contributed by atoms with Crippen LogP contribution in [0.2, 0.25) is 10.0 Å². The zero-order chi connectivity index (χ0) is 16.3. The fraction of sp³-hybridized carbons (Fsp3) is 0.278. The minimum atomic E-state index is -0.395. The Morgan fingerprint density at radius 3 is 1.55 bits per heavy atom. The summed E-state index contributed by atoms with van der Waals surface area (Å²) >= 11 is 11.9. The van der Waals surface area contributed by atoms with Crippen LogP contribution in [0.5, 0.6) is 0 Å². The molecule has 0 unspecified atom stereocenters. The lowest BCUT2D eigenvalue weighted by Gasteiger charge is -2.25. The number of rotatable bonds is 3. The Kier molecular flexibility index (Phi) is 5.15. The summed E-state index contributed by atoms with van der Waals surface area (Å²) in [6, 6.07) is 14.7. The summed E-state index contributed by atoms with van der Waals surface area (Å²) < 4.78 is 0. The van der Waals surface area contributed by atoms with Crippen molar-refractivity contribution in [2.24, 2.45) is 0 Å². The number of hydrogen-bond acceptors (Lipinski definition) is 1. The molecule has 116 valence electrons. The van der Waals surface area contributed by atoms with Crippen LogP contribution in [-0.2, 0) is 4.79 Å². The average molecular weight is 336 g/mol. The molecular weight excluding hydrogens is 317 g/mol. The molecule has 1 amide bonds. The summed E-state index contributed by atoms with van der Waals surface area (Å²) in [5, 5.41) is 4.34. The number of carbonyl (C=O) groups is 1. The summed E-state index contributed by atoms with van der Waals surface area (Å²) in [7, 11) is 0. The van der Waals surface area contributed by atoms with E-state index in [1.165, 1.54) is 0 Å². The molecule has 0 radical (unpaired) electrons. The average Bonchev–Trinajstić information content (AvgIpc) is 2.41. The fourth-order valence-corrected chi connectivity index (χ4v) is 2.50. The number of benzene rings is 2. The molecule has 0 aromatic heterocycles. The van der Waals surface area contributed by atoms with Crippen molar-refractivity contribution in [3.8, 4) is 0 Å². The zero-order valence-electron chi connectivity index (χ0n) is 12.9. The van der Waals surface area contributed by atoms with Gasteiger partial charge in [-0.3, -0.25) is 4.79 Å². The lowest BCUT2D eigenvalue weighted by molar-refractivity contribution is -0.123. The van der Waals surface area contributed by atoms with Gasteiger partial charge in [-0.05, 0) is 56.2 Å². The Morgan fingerprint density at radius 2 is 1.23 bits per heavy atom. The van der Waals surface area contributed by atoms with E-state index >= 15 is 0 Å². The molecule has 0 atom stereocenters. The van der Waals surface area contributed by atoms with E-state index in [0.29, 0.717) is 10.0 Å². The summed E-state index contributed by atoms with van der Waals surface area (Å²) in [5.41, 5.74) is 1.50. The maximum Gasteiger partial charge on any atom is 0.232 e. The topological polar surface area (TPSA) is 29.1 Å². The molecule has 0 aliphatic rings. The fourth-order valence-electron chi connectivity index (χ4n) is 2.25. The third-order valence-electron chi connectivity index (χ3n) is 3.17. The van der Waals surface area contributed by atoms with Gasteiger partial charge >= 0.3 is 0 Å². The molecule has 0 aliphatic heterocycles. The summed E-state index contributed by atoms with van der Waals surface area (Å²) in [5.74, 6) is -0.439. The summed E-state index contributed by atoms with van der Waals surface area (Å²) in [4.78, 5) is 12.8. The van der Waals surface area contributed by atoms with Crippen LogP contribution in [0.3, 0.4) is 0 Å². The third-order valence-corrected chi connectivity index (χ3v) is 3.67. The first-order chi connectivity index (χ1) is 10.3. The van der Waals surface area contributed by atoms with Gasteiger partial charge in [-0.15, -0.1) is 0 Å². The molecule has 0 saturated carbocycles. The highest BCUT2D eigenvalue weighted by Gasteiger charge is 2.26. The normalized spacial score (nSPS) is 11.5. The van der Waals surface area contributed by atoms with Gasteiger partial charge in [-0.2, -0.15) is 0 Å². The number of carbonyl (C=O) groups excluding carboxylic acids is 1. The van der Waals surface area contributed by atoms with Crippen molar-refractivity contribution in [3.05, 3.63) is 69.7 Å². The van der Waals surface area contributed by atoms with Gasteiger partial charge in [0.2, 0.25) is 5.91 Å². The first-order valence-electron chi connectivity index (χ1n) is 7.09. The first kappa shape index (κ1) is 16.9. The molecule has 2 rings (SSSR count). The SMILES string of the molecule is CC(C)(C)NC(=O)C(c1ccc(Cl)cc1)c1ccc(Cl)cc1. The molecule has 2 aromatic rings. The Labute approximate surface area is 141 Å². The van der Waals surface area contributed by atoms with Gasteiger partial charge in [0.25, 0.3) is 0 Å². The van der Waals surface area contributed by atoms with Gasteiger partial charge in [0, 0.05) is 15.6 Å². The standard InChI is InChI=1S/C18H19Cl2NO/c1-18(2,3)21-17(22)16(12-4-8-14(19)9-5-12)13-6-10-15(20)11-7-13/h4-11,16H,1-3H3,(H,21,22). The highest BCUT2D eigenvalue weighted by molar-refractivity contribution is 6.30. The van der Waals surface area contributed by atoms with Crippen molar-refractivity contribution in [1.82, 2.24) is 5.32 Å². The Hall–Kier alpha value is -1.51. The second kappa shape index (κ2) is 6.72. The third kappa shape index (κ3) is 4.49. The van der Waals surface area contributed by atoms with Crippen molar-refractivity contribution < 1.29 is 4.79 Å². The van der Waals surface area contributed by atoms with Crippen molar-refractivity contribution in [2.45, 2.75) is 32.2 Å². The zero-order valence-corrected chi connectivity index (χ0v) is 14.4. The molecule has 4 heteroatoms. The molecule has 0 fully saturated rings. The molecule has 0 bridgehead atoms. The van der Waals surface area contributed by atoms with Crippen LogP contribution >= 0.6 is 23.2 Å². The predicted octanol–water partition coefficient (Wildman–Crippen LogP) is 5.04. The molecule has 0 spiro atoms. The van der Waals surface area contributed by atoms with E-state index in [1.807, 2.05) is 45.0 Å². The molecule has 1 N–H and O–H groups in total. The van der Waals surface area contributed by atoms with Gasteiger partial charge in [-0.25, -0.2) is 0 Å². The van der Waals surface area contributed by atoms with Gasteiger partial charge in [0.1, 0.15) is 0 Å². The van der Waals surface area contributed by atoms with E-state index in [0.717, 1.165) is 11.1 Å². The second-order valence-electron chi connectivity index (χ2n) is 6.28. The second-order valence-corrected chi connectivity index (χ2v) is 7.15. The maximum absolute atomic E-state index is 12.8. The molecule has 0 aliphatic carbocycles. The number of amides is 1. The monoisotopic (exact) mass is 335 g/mol. The summed E-state index contributed by atoms with van der Waals surface area (Å²) in [6.45, 7) is 5.89. The minimum absolute atomic E-state index is 0.0443. The van der Waals surface area contributed by atoms with Gasteiger partial charge < -0.3 is 5.32 Å². The van der Waals surface area contributed by atoms with Crippen LogP contribution in [-0.4, -0.2) is 11.4 Å². The van der Waals surface area contributed by atoms with Crippen molar-refractivity contribution in [1.29, 1.82) is 0 Å². The molecule has 0 heterocycles. The largest absolute Gasteiger partial charge is 0.351 e. The lowest BCUT2D eigenvalue weighted by Crippen LogP contribution is -2.43. The Morgan fingerprint density at radius 1 is 0.864 bits per heavy atom. The van der Waals surface area contributed by atoms with Crippen molar-refractivity contribution >= 4 is 29.1 Å². The number of halogens is 2. The molecule has 2 nitrogen and oxygen atoms in total. The van der Waals surface area contributed by atoms with Gasteiger partial charge in [-0.1, -0.05) is 47.5 Å². The molecular formula is C18H19Cl2NO. The van der Waals surface area contributed by atoms with E-state index < -0.39 is 5.92 Å². The molecule has 22 heavy (non-hydrogen) atoms. The Balaban J connectivity index is 2.42. The quantitative estimate of drug-likeness (QED) is 0.836. The first-order valence-corrected chi connectivity index (χ1v) is 7.85. The van der Waals surface area contributed by atoms with Gasteiger partial charge in [0.15, 0.2) is 0 Å². The van der Waals surface area contributed by atoms with E-state index in [4.69, 9.17) is 23.2 Å². The highest BCUT2D eigenvalue weighted by atomic mass is 35.5. The van der Waals surface area contributed by atoms with Crippen LogP contribution in [0.25, 0.3) is 0 Å². The van der Waals surface area contributed by atoms with E-state index in [1.54, 1.807) is 24.3 Å². The van der Waals surface area contributed by atoms with E-state index in [-0.39, 0.29) is 11.4 Å². The predicted molar refractivity (Wildman–Crippen MR) is 92.6 cm³/mol. The van der Waals surface area contributed by atoms with Crippen LogP contribution < -0.4 is 5.32 Å². The van der Waals surface area contributed by atoms with E-state index in [2.05, 4.69) is 5.32 Å². The lowest BCUT2D eigenvalue weighted by atomic mass is 9.89. The smallest absolute Gasteiger partial charge is 0.232 e. The minimum Gasteiger partial charge on any atom is -0.351 e. The van der Waals surface area contributed by atoms with Crippen LogP contribution in [0, 0.1) is 0 Å². The van der Waals surface area contributed by atoms with E-state index in [9.17, 15) is 4.79 Å². The van der Waals surface area contributed by atoms with Crippen LogP contribution in [0.1, 0.15) is 37.8 Å². The van der Waals surface area contributed by atoms with Crippen molar-refractivity contribution in [2.75, 3.05) is 0 Å². The molecule has 0 saturated heterocycles. The number of hydrogen-bond donors (Lipinski definition) is 1. The molecule has 2 aromatic carbocycles. The van der Waals surface area contributed by atoms with Crippen LogP contribution in [0.15, 0.2) is 48.5 Å². The summed E-state index contributed by atoms with van der Waals surface area (Å²) in [6.07, 6.45) is 0. The highest BCUT2D eigenvalue weighted by Crippen LogP contribution is 2.28. The maximum atomic E-state index is 12.8. The van der Waals surface area contributed by atoms with Crippen molar-refractivity contribution in [3.63, 3.8) is 0 Å².